The maximum atomic E-state index is 9.19. The normalized spacial score (nSPS) is 11.8. The number of para-hydroxylation sites is 1. The molecule has 3 N–H and O–H groups in total. The zero-order chi connectivity index (χ0) is 39.8. The first-order chi connectivity index (χ1) is 23.9. The van der Waals surface area contributed by atoms with Crippen molar-refractivity contribution >= 4 is 29.0 Å². The smallest absolute Gasteiger partial charge is 0.261 e. The molecule has 0 heterocycles. The summed E-state index contributed by atoms with van der Waals surface area (Å²) in [5, 5.41) is 1.52. The van der Waals surface area contributed by atoms with Crippen molar-refractivity contribution in [3.05, 3.63) is 95.6 Å². The van der Waals surface area contributed by atoms with Crippen LogP contribution in [0.1, 0.15) is 118 Å². The number of nitrogens with two attached hydrogens (primary N) is 1. The number of benzene rings is 4. The predicted molar refractivity (Wildman–Crippen MR) is 226 cm³/mol. The van der Waals surface area contributed by atoms with Crippen LogP contribution in [0.5, 0.6) is 11.5 Å². The second kappa shape index (κ2) is 20.3. The molecule has 4 rings (SSSR count). The van der Waals surface area contributed by atoms with Crippen molar-refractivity contribution in [3.8, 4) is 33.8 Å². The van der Waals surface area contributed by atoms with Gasteiger partial charge >= 0.3 is 0 Å². The first-order valence-electron chi connectivity index (χ1n) is 17.9. The monoisotopic (exact) mass is 854 g/mol. The van der Waals surface area contributed by atoms with Gasteiger partial charge in [-0.15, -0.1) is 35.9 Å². The fourth-order valence-electron chi connectivity index (χ4n) is 6.58. The first kappa shape index (κ1) is 48.3. The molecule has 0 fully saturated rings. The third-order valence-electron chi connectivity index (χ3n) is 8.45. The van der Waals surface area contributed by atoms with E-state index in [1.165, 1.54) is 33.1 Å². The third kappa shape index (κ3) is 13.8. The molecular weight excluding hydrogens is 792 g/mol. The largest absolute Gasteiger partial charge is 0.496 e. The van der Waals surface area contributed by atoms with Crippen LogP contribution in [0.3, 0.4) is 0 Å². The van der Waals surface area contributed by atoms with Crippen LogP contribution >= 0.6 is 7.92 Å². The molecule has 0 unspecified atom stereocenters. The number of methoxy groups -OCH3 is 2. The van der Waals surface area contributed by atoms with Crippen LogP contribution in [0.15, 0.2) is 72.8 Å². The van der Waals surface area contributed by atoms with E-state index in [1.807, 2.05) is 55.6 Å². The number of rotatable bonds is 8. The van der Waals surface area contributed by atoms with Gasteiger partial charge in [-0.2, -0.15) is 8.42 Å². The van der Waals surface area contributed by atoms with Crippen LogP contribution in [-0.2, 0) is 30.5 Å². The molecule has 53 heavy (non-hydrogen) atoms. The van der Waals surface area contributed by atoms with Gasteiger partial charge in [-0.05, 0) is 74.2 Å². The Bertz CT molecular complexity index is 1810. The Morgan fingerprint density at radius 1 is 0.717 bits per heavy atom. The molecule has 9 heteroatoms. The average molecular weight is 855 g/mol. The van der Waals surface area contributed by atoms with Crippen molar-refractivity contribution in [1.29, 1.82) is 0 Å². The Labute approximate surface area is 336 Å². The van der Waals surface area contributed by atoms with Crippen LogP contribution in [0.2, 0.25) is 0 Å². The maximum absolute atomic E-state index is 9.19. The molecule has 6 nitrogen and oxygen atoms in total. The first-order valence-corrected chi connectivity index (χ1v) is 21.1. The van der Waals surface area contributed by atoms with E-state index in [2.05, 4.69) is 113 Å². The van der Waals surface area contributed by atoms with E-state index < -0.39 is 18.0 Å². The van der Waals surface area contributed by atoms with Gasteiger partial charge < -0.3 is 15.2 Å². The van der Waals surface area contributed by atoms with Crippen LogP contribution < -0.4 is 20.5 Å². The molecule has 0 radical (unpaired) electrons. The molecule has 0 aliphatic rings. The average Bonchev–Trinajstić information content (AvgIpc) is 3.02. The van der Waals surface area contributed by atoms with E-state index in [9.17, 15) is 8.42 Å². The topological polar surface area (TPSA) is 98.8 Å². The van der Waals surface area contributed by atoms with Gasteiger partial charge in [-0.3, -0.25) is 4.55 Å². The molecule has 4 aromatic carbocycles. The molecule has 0 saturated heterocycles. The van der Waals surface area contributed by atoms with Gasteiger partial charge in [-0.25, -0.2) is 0 Å². The fraction of sp³-hybridized carbons (Fsp3) is 0.455. The van der Waals surface area contributed by atoms with Crippen LogP contribution in [-0.4, -0.2) is 43.8 Å². The minimum atomic E-state index is -3.67. The summed E-state index contributed by atoms with van der Waals surface area (Å²) in [6.07, 6.45) is 0.715. The second-order valence-electron chi connectivity index (χ2n) is 16.0. The zero-order valence-electron chi connectivity index (χ0n) is 34.5. The van der Waals surface area contributed by atoms with Crippen molar-refractivity contribution < 1.29 is 42.9 Å². The molecule has 0 aromatic heterocycles. The van der Waals surface area contributed by atoms with Crippen LogP contribution in [0.25, 0.3) is 22.3 Å². The van der Waals surface area contributed by atoms with Crippen LogP contribution in [0, 0.1) is 6.07 Å². The molecule has 296 valence electrons. The predicted octanol–water partition coefficient (Wildman–Crippen LogP) is 11.7. The van der Waals surface area contributed by atoms with Crippen molar-refractivity contribution in [3.63, 3.8) is 0 Å². The van der Waals surface area contributed by atoms with Crippen molar-refractivity contribution in [1.82, 2.24) is 0 Å². The Kier molecular flexibility index (Phi) is 18.5. The summed E-state index contributed by atoms with van der Waals surface area (Å²) < 4.78 is 38.1. The maximum Gasteiger partial charge on any atom is 0.261 e. The van der Waals surface area contributed by atoms with E-state index in [-0.39, 0.29) is 30.7 Å². The fourth-order valence-corrected chi connectivity index (χ4v) is 10.8. The Hall–Kier alpha value is -2.72. The molecule has 0 spiro atoms. The zero-order valence-corrected chi connectivity index (χ0v) is 37.8. The summed E-state index contributed by atoms with van der Waals surface area (Å²) in [6, 6.07) is 27.9. The molecule has 0 saturated carbocycles. The van der Waals surface area contributed by atoms with Crippen molar-refractivity contribution in [2.45, 2.75) is 111 Å². The summed E-state index contributed by atoms with van der Waals surface area (Å²) in [5.74, 6) is 3.19. The minimum absolute atomic E-state index is 0. The molecule has 0 bridgehead atoms. The summed E-state index contributed by atoms with van der Waals surface area (Å²) in [6.45, 7) is 28.1. The molecule has 0 aliphatic carbocycles. The van der Waals surface area contributed by atoms with Crippen molar-refractivity contribution in [2.75, 3.05) is 26.2 Å². The van der Waals surface area contributed by atoms with Gasteiger partial charge in [0.1, 0.15) is 11.5 Å². The van der Waals surface area contributed by atoms with Gasteiger partial charge in [0.25, 0.3) is 10.1 Å². The van der Waals surface area contributed by atoms with Gasteiger partial charge in [0, 0.05) is 31.3 Å². The molecule has 4 aromatic rings. The van der Waals surface area contributed by atoms with E-state index in [0.29, 0.717) is 24.0 Å². The summed E-state index contributed by atoms with van der Waals surface area (Å²) >= 11 is 0. The third-order valence-corrected chi connectivity index (χ3v) is 12.0. The van der Waals surface area contributed by atoms with E-state index >= 15 is 0 Å². The Morgan fingerprint density at radius 3 is 1.55 bits per heavy atom. The quantitative estimate of drug-likeness (QED) is 0.0602. The summed E-state index contributed by atoms with van der Waals surface area (Å²) in [5.41, 5.74) is 15.5. The summed E-state index contributed by atoms with van der Waals surface area (Å²) in [7, 11) is -0.674. The number of hydrogen-bond donors (Lipinski definition) is 2. The molecule has 0 aliphatic heterocycles. The Morgan fingerprint density at radius 2 is 1.17 bits per heavy atom. The second-order valence-corrected chi connectivity index (χ2v) is 21.3. The Balaban J connectivity index is 0.000000603. The van der Waals surface area contributed by atoms with Gasteiger partial charge in [0.2, 0.25) is 0 Å². The van der Waals surface area contributed by atoms with Gasteiger partial charge in [0.15, 0.2) is 0 Å². The minimum Gasteiger partial charge on any atom is -0.496 e. The van der Waals surface area contributed by atoms with E-state index in [0.717, 1.165) is 28.3 Å². The molecule has 0 amide bonds. The number of ether oxygens (including phenoxy) is 2. The van der Waals surface area contributed by atoms with Crippen molar-refractivity contribution in [2.24, 2.45) is 0 Å². The molecular formula is C44H63NO5PPdS-. The SMILES string of the molecule is COc1ccc(OC)c(P(C(C)(C)C)C(C)(C)C)c1-c1c(C(C)C)cc(C(C)C)cc1C(C)C.CS(=O)(=O)O.Nc1ccccc1-c1[c-]cccc1.[Pd]. The van der Waals surface area contributed by atoms with Crippen LogP contribution in [0.4, 0.5) is 5.69 Å². The van der Waals surface area contributed by atoms with Gasteiger partial charge in [0.05, 0.1) is 20.5 Å². The standard InChI is InChI=1S/C31H49O2P.C12H10N.CH4O3S.Pd/c1-19(2)22-17-23(20(3)4)27(24(18-22)21(5)6)28-25(32-13)15-16-26(33-14)29(28)34(30(7,8)9)31(10,11)12;13-12-9-5-4-8-11(12)10-6-2-1-3-7-10;1-5(2,3)4;/h15-21H,1-14H3;1-6,8-9H,13H2;1H3,(H,2,3,4);/q;-1;;. The van der Waals surface area contributed by atoms with Gasteiger partial charge in [-0.1, -0.05) is 127 Å². The molecule has 0 atom stereocenters. The number of hydrogen-bond acceptors (Lipinski definition) is 5. The number of anilines is 1. The number of nitrogen functional groups attached to an aromatic ring is 1. The summed E-state index contributed by atoms with van der Waals surface area (Å²) in [4.78, 5) is 0. The van der Waals surface area contributed by atoms with E-state index in [4.69, 9.17) is 19.8 Å². The van der Waals surface area contributed by atoms with E-state index in [1.54, 1.807) is 7.11 Å².